The van der Waals surface area contributed by atoms with E-state index in [1.807, 2.05) is 11.8 Å². The van der Waals surface area contributed by atoms with E-state index in [4.69, 9.17) is 5.11 Å². The second-order valence-electron chi connectivity index (χ2n) is 4.22. The molecule has 6 heteroatoms. The molecule has 0 aromatic heterocycles. The van der Waals surface area contributed by atoms with E-state index >= 15 is 0 Å². The molecule has 1 rings (SSSR count). The van der Waals surface area contributed by atoms with Gasteiger partial charge in [0.15, 0.2) is 0 Å². The minimum absolute atomic E-state index is 0.0838. The van der Waals surface area contributed by atoms with Crippen LogP contribution in [-0.4, -0.2) is 72.6 Å². The van der Waals surface area contributed by atoms with Crippen molar-refractivity contribution in [3.05, 3.63) is 0 Å². The molecular formula is C11H21N3O3. The number of rotatable bonds is 6. The fraction of sp³-hybridized carbons (Fsp3) is 0.818. The summed E-state index contributed by atoms with van der Waals surface area (Å²) in [5.74, 6) is -0.693. The minimum atomic E-state index is -0.777. The van der Waals surface area contributed by atoms with Crippen molar-refractivity contribution in [2.45, 2.75) is 13.3 Å². The predicted molar refractivity (Wildman–Crippen MR) is 63.8 cm³/mol. The molecule has 0 unspecified atom stereocenters. The molecular weight excluding hydrogens is 222 g/mol. The fourth-order valence-electron chi connectivity index (χ4n) is 1.91. The molecule has 0 radical (unpaired) electrons. The largest absolute Gasteiger partial charge is 0.480 e. The summed E-state index contributed by atoms with van der Waals surface area (Å²) >= 11 is 0. The van der Waals surface area contributed by atoms with Gasteiger partial charge in [-0.3, -0.25) is 14.5 Å². The molecule has 0 atom stereocenters. The maximum Gasteiger partial charge on any atom is 0.317 e. The van der Waals surface area contributed by atoms with Crippen molar-refractivity contribution in [2.75, 3.05) is 45.8 Å². The second kappa shape index (κ2) is 7.24. The van der Waals surface area contributed by atoms with Crippen LogP contribution in [0, 0.1) is 0 Å². The highest BCUT2D eigenvalue weighted by molar-refractivity contribution is 5.75. The molecule has 1 aliphatic rings. The van der Waals surface area contributed by atoms with Gasteiger partial charge in [0.1, 0.15) is 0 Å². The monoisotopic (exact) mass is 243 g/mol. The zero-order chi connectivity index (χ0) is 12.7. The molecule has 1 fully saturated rings. The van der Waals surface area contributed by atoms with Crippen LogP contribution in [0.15, 0.2) is 0 Å². The van der Waals surface area contributed by atoms with E-state index in [9.17, 15) is 9.59 Å². The number of amides is 1. The van der Waals surface area contributed by atoms with Gasteiger partial charge < -0.3 is 15.3 Å². The SMILES string of the molecule is CCNC(=O)CCN1CCN(CC(=O)O)CC1. The van der Waals surface area contributed by atoms with Gasteiger partial charge in [-0.05, 0) is 6.92 Å². The number of carbonyl (C=O) groups is 2. The molecule has 1 saturated heterocycles. The number of hydrogen-bond donors (Lipinski definition) is 2. The van der Waals surface area contributed by atoms with Crippen LogP contribution in [0.1, 0.15) is 13.3 Å². The van der Waals surface area contributed by atoms with E-state index in [-0.39, 0.29) is 12.5 Å². The van der Waals surface area contributed by atoms with Gasteiger partial charge in [-0.25, -0.2) is 0 Å². The van der Waals surface area contributed by atoms with Crippen molar-refractivity contribution < 1.29 is 14.7 Å². The number of hydrogen-bond acceptors (Lipinski definition) is 4. The van der Waals surface area contributed by atoms with Crippen LogP contribution in [-0.2, 0) is 9.59 Å². The highest BCUT2D eigenvalue weighted by atomic mass is 16.4. The van der Waals surface area contributed by atoms with Gasteiger partial charge in [0.25, 0.3) is 0 Å². The van der Waals surface area contributed by atoms with Crippen molar-refractivity contribution >= 4 is 11.9 Å². The van der Waals surface area contributed by atoms with Gasteiger partial charge in [0.2, 0.25) is 5.91 Å². The van der Waals surface area contributed by atoms with Crippen molar-refractivity contribution in [1.82, 2.24) is 15.1 Å². The first-order chi connectivity index (χ1) is 8.11. The van der Waals surface area contributed by atoms with E-state index in [0.29, 0.717) is 13.0 Å². The zero-order valence-corrected chi connectivity index (χ0v) is 10.3. The van der Waals surface area contributed by atoms with Gasteiger partial charge in [-0.15, -0.1) is 0 Å². The maximum absolute atomic E-state index is 11.3. The lowest BCUT2D eigenvalue weighted by Gasteiger charge is -2.33. The van der Waals surface area contributed by atoms with E-state index in [1.165, 1.54) is 0 Å². The van der Waals surface area contributed by atoms with E-state index < -0.39 is 5.97 Å². The number of carboxylic acids is 1. The van der Waals surface area contributed by atoms with Crippen molar-refractivity contribution in [1.29, 1.82) is 0 Å². The lowest BCUT2D eigenvalue weighted by molar-refractivity contribution is -0.138. The summed E-state index contributed by atoms with van der Waals surface area (Å²) in [5, 5.41) is 11.4. The smallest absolute Gasteiger partial charge is 0.317 e. The van der Waals surface area contributed by atoms with Crippen LogP contribution in [0.3, 0.4) is 0 Å². The van der Waals surface area contributed by atoms with Crippen molar-refractivity contribution in [3.8, 4) is 0 Å². The van der Waals surface area contributed by atoms with Crippen LogP contribution >= 0.6 is 0 Å². The number of aliphatic carboxylic acids is 1. The van der Waals surface area contributed by atoms with Crippen LogP contribution in [0.5, 0.6) is 0 Å². The fourth-order valence-corrected chi connectivity index (χ4v) is 1.91. The predicted octanol–water partition coefficient (Wildman–Crippen LogP) is -0.785. The molecule has 0 aromatic carbocycles. The van der Waals surface area contributed by atoms with E-state index in [2.05, 4.69) is 10.2 Å². The Balaban J connectivity index is 2.14. The second-order valence-corrected chi connectivity index (χ2v) is 4.22. The average Bonchev–Trinajstić information content (AvgIpc) is 2.28. The minimum Gasteiger partial charge on any atom is -0.480 e. The number of nitrogens with one attached hydrogen (secondary N) is 1. The van der Waals surface area contributed by atoms with Crippen molar-refractivity contribution in [2.24, 2.45) is 0 Å². The summed E-state index contributed by atoms with van der Waals surface area (Å²) in [6.07, 6.45) is 0.521. The Morgan fingerprint density at radius 1 is 1.18 bits per heavy atom. The Labute approximate surface area is 102 Å². The summed E-state index contributed by atoms with van der Waals surface area (Å²) in [7, 11) is 0. The number of piperazine rings is 1. The standard InChI is InChI=1S/C11H21N3O3/c1-2-12-10(15)3-4-13-5-7-14(8-6-13)9-11(16)17/h2-9H2,1H3,(H,12,15)(H,16,17). The molecule has 0 aliphatic carbocycles. The third kappa shape index (κ3) is 5.65. The Morgan fingerprint density at radius 2 is 1.76 bits per heavy atom. The van der Waals surface area contributed by atoms with E-state index in [1.54, 1.807) is 0 Å². The zero-order valence-electron chi connectivity index (χ0n) is 10.3. The molecule has 1 aliphatic heterocycles. The Bertz CT molecular complexity index is 263. The summed E-state index contributed by atoms with van der Waals surface area (Å²) < 4.78 is 0. The van der Waals surface area contributed by atoms with Crippen molar-refractivity contribution in [3.63, 3.8) is 0 Å². The highest BCUT2D eigenvalue weighted by Crippen LogP contribution is 2.02. The molecule has 0 spiro atoms. The topological polar surface area (TPSA) is 72.9 Å². The molecule has 98 valence electrons. The van der Waals surface area contributed by atoms with Gasteiger partial charge in [-0.2, -0.15) is 0 Å². The Morgan fingerprint density at radius 3 is 2.29 bits per heavy atom. The lowest BCUT2D eigenvalue weighted by Crippen LogP contribution is -2.48. The van der Waals surface area contributed by atoms with E-state index in [0.717, 1.165) is 32.7 Å². The molecule has 0 aromatic rings. The number of carboxylic acid groups (broad SMARTS) is 1. The summed E-state index contributed by atoms with van der Waals surface area (Å²) in [5.41, 5.74) is 0. The summed E-state index contributed by atoms with van der Waals surface area (Å²) in [6, 6.07) is 0. The van der Waals surface area contributed by atoms with Crippen LogP contribution in [0.2, 0.25) is 0 Å². The maximum atomic E-state index is 11.3. The first-order valence-corrected chi connectivity index (χ1v) is 6.05. The average molecular weight is 243 g/mol. The first-order valence-electron chi connectivity index (χ1n) is 6.05. The van der Waals surface area contributed by atoms with Gasteiger partial charge in [-0.1, -0.05) is 0 Å². The number of nitrogens with zero attached hydrogens (tertiary/aromatic N) is 2. The Hall–Kier alpha value is -1.14. The molecule has 2 N–H and O–H groups in total. The van der Waals surface area contributed by atoms with Gasteiger partial charge in [0, 0.05) is 45.7 Å². The van der Waals surface area contributed by atoms with Crippen LogP contribution in [0.25, 0.3) is 0 Å². The molecule has 1 heterocycles. The normalized spacial score (nSPS) is 17.9. The molecule has 0 saturated carbocycles. The quantitative estimate of drug-likeness (QED) is 0.640. The first kappa shape index (κ1) is 13.9. The Kier molecular flexibility index (Phi) is 5.93. The number of carbonyl (C=O) groups excluding carboxylic acids is 1. The van der Waals surface area contributed by atoms with Gasteiger partial charge in [0.05, 0.1) is 6.54 Å². The summed E-state index contributed by atoms with van der Waals surface area (Å²) in [4.78, 5) is 25.9. The molecule has 6 nitrogen and oxygen atoms in total. The van der Waals surface area contributed by atoms with Crippen LogP contribution in [0.4, 0.5) is 0 Å². The van der Waals surface area contributed by atoms with Crippen LogP contribution < -0.4 is 5.32 Å². The lowest BCUT2D eigenvalue weighted by atomic mass is 10.3. The third-order valence-corrected chi connectivity index (χ3v) is 2.85. The summed E-state index contributed by atoms with van der Waals surface area (Å²) in [6.45, 7) is 6.66. The molecule has 0 bridgehead atoms. The third-order valence-electron chi connectivity index (χ3n) is 2.85. The molecule has 1 amide bonds. The molecule has 17 heavy (non-hydrogen) atoms. The van der Waals surface area contributed by atoms with Gasteiger partial charge >= 0.3 is 5.97 Å². The highest BCUT2D eigenvalue weighted by Gasteiger charge is 2.18.